The Labute approximate surface area is 175 Å². The summed E-state index contributed by atoms with van der Waals surface area (Å²) >= 11 is 9.26. The molecule has 0 fully saturated rings. The fraction of sp³-hybridized carbons (Fsp3) is 0. The zero-order valence-electron chi connectivity index (χ0n) is 14.5. The molecular weight excluding hydrogens is 442 g/mol. The second-order valence-corrected chi connectivity index (χ2v) is 7.06. The quantitative estimate of drug-likeness (QED) is 0.413. The molecule has 0 unspecified atom stereocenters. The van der Waals surface area contributed by atoms with E-state index in [4.69, 9.17) is 11.6 Å². The van der Waals surface area contributed by atoms with Crippen molar-refractivity contribution < 1.29 is 9.59 Å². The molecular formula is C21H15BrClN3O2. The molecule has 0 heterocycles. The van der Waals surface area contributed by atoms with Crippen molar-refractivity contribution >= 4 is 51.2 Å². The lowest BCUT2D eigenvalue weighted by molar-refractivity contribution is 0.0953. The van der Waals surface area contributed by atoms with Crippen molar-refractivity contribution in [3.63, 3.8) is 0 Å². The highest BCUT2D eigenvalue weighted by Gasteiger charge is 2.11. The van der Waals surface area contributed by atoms with Gasteiger partial charge in [0.05, 0.1) is 11.8 Å². The molecule has 7 heteroatoms. The number of carbonyl (C=O) groups is 2. The monoisotopic (exact) mass is 455 g/mol. The van der Waals surface area contributed by atoms with Crippen molar-refractivity contribution in [2.24, 2.45) is 5.10 Å². The Morgan fingerprint density at radius 1 is 0.929 bits per heavy atom. The lowest BCUT2D eigenvalue weighted by Crippen LogP contribution is -2.18. The molecule has 0 saturated carbocycles. The Morgan fingerprint density at radius 2 is 1.71 bits per heavy atom. The minimum Gasteiger partial charge on any atom is -0.322 e. The van der Waals surface area contributed by atoms with Crippen molar-refractivity contribution in [1.29, 1.82) is 0 Å². The standard InChI is InChI=1S/C21H15BrClN3O2/c22-19-10-2-1-9-18(19)21(28)25-17-8-4-6-15(12-17)20(27)26-24-13-14-5-3-7-16(23)11-14/h1-13H,(H,25,28)(H,26,27)/b24-13-. The Balaban J connectivity index is 1.66. The summed E-state index contributed by atoms with van der Waals surface area (Å²) in [5.74, 6) is -0.667. The number of nitrogens with zero attached hydrogens (tertiary/aromatic N) is 1. The van der Waals surface area contributed by atoms with Crippen LogP contribution in [-0.4, -0.2) is 18.0 Å². The van der Waals surface area contributed by atoms with Gasteiger partial charge in [0.25, 0.3) is 11.8 Å². The highest BCUT2D eigenvalue weighted by Crippen LogP contribution is 2.18. The normalized spacial score (nSPS) is 10.6. The van der Waals surface area contributed by atoms with Crippen LogP contribution >= 0.6 is 27.5 Å². The summed E-state index contributed by atoms with van der Waals surface area (Å²) < 4.78 is 0.691. The first kappa shape index (κ1) is 19.8. The van der Waals surface area contributed by atoms with E-state index >= 15 is 0 Å². The molecule has 3 aromatic rings. The topological polar surface area (TPSA) is 70.6 Å². The van der Waals surface area contributed by atoms with Crippen LogP contribution in [0, 0.1) is 0 Å². The highest BCUT2D eigenvalue weighted by molar-refractivity contribution is 9.10. The predicted octanol–water partition coefficient (Wildman–Crippen LogP) is 5.12. The first-order valence-electron chi connectivity index (χ1n) is 8.28. The molecule has 0 aromatic heterocycles. The van der Waals surface area contributed by atoms with Crippen LogP contribution in [-0.2, 0) is 0 Å². The van der Waals surface area contributed by atoms with Gasteiger partial charge < -0.3 is 5.32 Å². The van der Waals surface area contributed by atoms with E-state index in [1.54, 1.807) is 60.7 Å². The fourth-order valence-electron chi connectivity index (χ4n) is 2.40. The molecule has 0 radical (unpaired) electrons. The Morgan fingerprint density at radius 3 is 2.50 bits per heavy atom. The Hall–Kier alpha value is -2.96. The Kier molecular flexibility index (Phi) is 6.57. The van der Waals surface area contributed by atoms with E-state index in [0.717, 1.165) is 5.56 Å². The van der Waals surface area contributed by atoms with E-state index in [1.165, 1.54) is 6.21 Å². The number of rotatable bonds is 5. The van der Waals surface area contributed by atoms with Crippen LogP contribution in [0.25, 0.3) is 0 Å². The van der Waals surface area contributed by atoms with Gasteiger partial charge in [-0.1, -0.05) is 41.9 Å². The second kappa shape index (κ2) is 9.30. The van der Waals surface area contributed by atoms with E-state index in [9.17, 15) is 9.59 Å². The average molecular weight is 457 g/mol. The fourth-order valence-corrected chi connectivity index (χ4v) is 3.06. The summed E-state index contributed by atoms with van der Waals surface area (Å²) in [6.07, 6.45) is 1.50. The summed E-state index contributed by atoms with van der Waals surface area (Å²) in [5, 5.41) is 7.30. The number of hydrogen-bond acceptors (Lipinski definition) is 3. The molecule has 0 atom stereocenters. The predicted molar refractivity (Wildman–Crippen MR) is 115 cm³/mol. The molecule has 2 amide bonds. The van der Waals surface area contributed by atoms with Gasteiger partial charge in [0.2, 0.25) is 0 Å². The SMILES string of the molecule is O=C(N/N=C\c1cccc(Cl)c1)c1cccc(NC(=O)c2ccccc2Br)c1. The van der Waals surface area contributed by atoms with E-state index in [-0.39, 0.29) is 5.91 Å². The van der Waals surface area contributed by atoms with E-state index in [1.807, 2.05) is 12.1 Å². The maximum atomic E-state index is 12.4. The van der Waals surface area contributed by atoms with Crippen LogP contribution in [0.3, 0.4) is 0 Å². The van der Waals surface area contributed by atoms with Crippen LogP contribution in [0.2, 0.25) is 5.02 Å². The van der Waals surface area contributed by atoms with Crippen molar-refractivity contribution in [3.05, 3.63) is 99.0 Å². The molecule has 0 bridgehead atoms. The summed E-state index contributed by atoms with van der Waals surface area (Å²) in [6, 6.07) is 20.8. The van der Waals surface area contributed by atoms with Gasteiger partial charge in [-0.2, -0.15) is 5.10 Å². The third-order valence-electron chi connectivity index (χ3n) is 3.73. The number of hydrogen-bond donors (Lipinski definition) is 2. The van der Waals surface area contributed by atoms with Gasteiger partial charge in [-0.15, -0.1) is 0 Å². The van der Waals surface area contributed by atoms with Crippen molar-refractivity contribution in [1.82, 2.24) is 5.43 Å². The van der Waals surface area contributed by atoms with Gasteiger partial charge in [-0.05, 0) is 64.0 Å². The van der Waals surface area contributed by atoms with Crippen LogP contribution < -0.4 is 10.7 Å². The van der Waals surface area contributed by atoms with Crippen LogP contribution in [0.4, 0.5) is 5.69 Å². The van der Waals surface area contributed by atoms with E-state index < -0.39 is 5.91 Å². The number of amides is 2. The molecule has 140 valence electrons. The molecule has 28 heavy (non-hydrogen) atoms. The van der Waals surface area contributed by atoms with Gasteiger partial charge in [0.1, 0.15) is 0 Å². The van der Waals surface area contributed by atoms with E-state index in [0.29, 0.717) is 26.3 Å². The largest absolute Gasteiger partial charge is 0.322 e. The molecule has 0 aliphatic rings. The zero-order valence-corrected chi connectivity index (χ0v) is 16.9. The minimum absolute atomic E-state index is 0.274. The lowest BCUT2D eigenvalue weighted by atomic mass is 10.1. The van der Waals surface area contributed by atoms with Crippen molar-refractivity contribution in [2.45, 2.75) is 0 Å². The maximum Gasteiger partial charge on any atom is 0.271 e. The zero-order chi connectivity index (χ0) is 19.9. The maximum absolute atomic E-state index is 12.4. The average Bonchev–Trinajstić information content (AvgIpc) is 2.68. The van der Waals surface area contributed by atoms with Crippen LogP contribution in [0.5, 0.6) is 0 Å². The number of benzene rings is 3. The number of anilines is 1. The molecule has 2 N–H and O–H groups in total. The molecule has 0 aliphatic carbocycles. The highest BCUT2D eigenvalue weighted by atomic mass is 79.9. The summed E-state index contributed by atoms with van der Waals surface area (Å²) in [5.41, 5.74) is 4.60. The summed E-state index contributed by atoms with van der Waals surface area (Å²) in [6.45, 7) is 0. The van der Waals surface area contributed by atoms with Gasteiger partial charge in [-0.3, -0.25) is 9.59 Å². The number of nitrogens with one attached hydrogen (secondary N) is 2. The summed E-state index contributed by atoms with van der Waals surface area (Å²) in [7, 11) is 0. The van der Waals surface area contributed by atoms with Crippen molar-refractivity contribution in [3.8, 4) is 0 Å². The third kappa shape index (κ3) is 5.28. The molecule has 3 aromatic carbocycles. The van der Waals surface area contributed by atoms with E-state index in [2.05, 4.69) is 31.8 Å². The van der Waals surface area contributed by atoms with Gasteiger partial charge in [0, 0.05) is 20.7 Å². The minimum atomic E-state index is -0.393. The molecule has 0 aliphatic heterocycles. The molecule has 5 nitrogen and oxygen atoms in total. The molecule has 3 rings (SSSR count). The first-order valence-corrected chi connectivity index (χ1v) is 9.45. The first-order chi connectivity index (χ1) is 13.5. The van der Waals surface area contributed by atoms with Crippen molar-refractivity contribution in [2.75, 3.05) is 5.32 Å². The number of carbonyl (C=O) groups excluding carboxylic acids is 2. The van der Waals surface area contributed by atoms with Crippen LogP contribution in [0.1, 0.15) is 26.3 Å². The lowest BCUT2D eigenvalue weighted by Gasteiger charge is -2.08. The third-order valence-corrected chi connectivity index (χ3v) is 4.66. The van der Waals surface area contributed by atoms with Gasteiger partial charge >= 0.3 is 0 Å². The number of halogens is 2. The molecule has 0 spiro atoms. The van der Waals surface area contributed by atoms with Gasteiger partial charge in [-0.25, -0.2) is 5.43 Å². The second-order valence-electron chi connectivity index (χ2n) is 5.77. The Bertz CT molecular complexity index is 1050. The van der Waals surface area contributed by atoms with Crippen LogP contribution in [0.15, 0.2) is 82.4 Å². The molecule has 0 saturated heterocycles. The van der Waals surface area contributed by atoms with Gasteiger partial charge in [0.15, 0.2) is 0 Å². The summed E-state index contributed by atoms with van der Waals surface area (Å²) in [4.78, 5) is 24.7. The number of hydrazone groups is 1. The smallest absolute Gasteiger partial charge is 0.271 e.